The average molecular weight is 336 g/mol. The van der Waals surface area contributed by atoms with Gasteiger partial charge in [-0.3, -0.25) is 0 Å². The largest absolute Gasteiger partial charge is 0.459 e. The first kappa shape index (κ1) is 15.1. The molecule has 1 aromatic carbocycles. The van der Waals surface area contributed by atoms with E-state index in [9.17, 15) is 13.2 Å². The fourth-order valence-corrected chi connectivity index (χ4v) is 2.77. The summed E-state index contributed by atoms with van der Waals surface area (Å²) in [6, 6.07) is 2.73. The number of nitrogens with two attached hydrogens (primary N) is 1. The van der Waals surface area contributed by atoms with Crippen molar-refractivity contribution in [3.05, 3.63) is 27.7 Å². The number of hydrogen-bond donors (Lipinski definition) is 1. The van der Waals surface area contributed by atoms with E-state index in [0.29, 0.717) is 10.0 Å². The zero-order chi connectivity index (χ0) is 14.1. The van der Waals surface area contributed by atoms with Crippen molar-refractivity contribution in [1.29, 1.82) is 0 Å². The van der Waals surface area contributed by atoms with Gasteiger partial charge in [-0.15, -0.1) is 0 Å². The first-order valence-corrected chi connectivity index (χ1v) is 7.50. The van der Waals surface area contributed by atoms with Gasteiger partial charge in [0.05, 0.1) is 16.6 Å². The van der Waals surface area contributed by atoms with Crippen LogP contribution < -0.4 is 5.14 Å². The lowest BCUT2D eigenvalue weighted by molar-refractivity contribution is 0.0377. The molecule has 0 amide bonds. The molecule has 7 heteroatoms. The smallest absolute Gasteiger partial charge is 0.338 e. The summed E-state index contributed by atoms with van der Waals surface area (Å²) in [5, 5.41) is 5.10. The lowest BCUT2D eigenvalue weighted by Crippen LogP contribution is -2.17. The van der Waals surface area contributed by atoms with E-state index in [4.69, 9.17) is 9.88 Å². The first-order chi connectivity index (χ1) is 8.12. The summed E-state index contributed by atoms with van der Waals surface area (Å²) in [6.07, 6.45) is -0.282. The standard InChI is InChI=1S/C11H14BrNO4S/c1-6(2)17-11(14)8-4-9(12)7(3)10(5-8)18(13,15)16/h4-6H,1-3H3,(H2,13,15,16). The van der Waals surface area contributed by atoms with Crippen LogP contribution in [0.15, 0.2) is 21.5 Å². The Labute approximate surface area is 114 Å². The molecular formula is C11H14BrNO4S. The van der Waals surface area contributed by atoms with Crippen molar-refractivity contribution in [2.75, 3.05) is 0 Å². The van der Waals surface area contributed by atoms with E-state index in [0.717, 1.165) is 0 Å². The number of carbonyl (C=O) groups excluding carboxylic acids is 1. The lowest BCUT2D eigenvalue weighted by Gasteiger charge is -2.11. The first-order valence-electron chi connectivity index (χ1n) is 5.17. The van der Waals surface area contributed by atoms with Crippen LogP contribution in [0.25, 0.3) is 0 Å². The van der Waals surface area contributed by atoms with Crippen molar-refractivity contribution in [1.82, 2.24) is 0 Å². The van der Waals surface area contributed by atoms with Crippen LogP contribution in [0.2, 0.25) is 0 Å². The van der Waals surface area contributed by atoms with Gasteiger partial charge < -0.3 is 4.74 Å². The summed E-state index contributed by atoms with van der Waals surface area (Å²) in [5.41, 5.74) is 0.601. The van der Waals surface area contributed by atoms with E-state index >= 15 is 0 Å². The molecular weight excluding hydrogens is 322 g/mol. The zero-order valence-corrected chi connectivity index (χ0v) is 12.6. The van der Waals surface area contributed by atoms with E-state index in [1.165, 1.54) is 12.1 Å². The summed E-state index contributed by atoms with van der Waals surface area (Å²) in [4.78, 5) is 11.6. The van der Waals surface area contributed by atoms with Crippen LogP contribution in [0, 0.1) is 6.92 Å². The maximum Gasteiger partial charge on any atom is 0.338 e. The Hall–Kier alpha value is -0.920. The molecule has 1 aromatic rings. The highest BCUT2D eigenvalue weighted by atomic mass is 79.9. The lowest BCUT2D eigenvalue weighted by atomic mass is 10.1. The van der Waals surface area contributed by atoms with Crippen LogP contribution in [0.5, 0.6) is 0 Å². The molecule has 5 nitrogen and oxygen atoms in total. The molecule has 0 atom stereocenters. The van der Waals surface area contributed by atoms with Crippen molar-refractivity contribution in [3.8, 4) is 0 Å². The predicted octanol–water partition coefficient (Wildman–Crippen LogP) is 1.97. The minimum atomic E-state index is -3.88. The minimum absolute atomic E-state index is 0.0902. The summed E-state index contributed by atoms with van der Waals surface area (Å²) >= 11 is 3.20. The quantitative estimate of drug-likeness (QED) is 0.855. The van der Waals surface area contributed by atoms with Crippen LogP contribution in [-0.2, 0) is 14.8 Å². The van der Waals surface area contributed by atoms with Crippen molar-refractivity contribution in [3.63, 3.8) is 0 Å². The molecule has 0 aliphatic rings. The number of halogens is 1. The van der Waals surface area contributed by atoms with Gasteiger partial charge in [0.2, 0.25) is 10.0 Å². The normalized spacial score (nSPS) is 11.7. The molecule has 1 rings (SSSR count). The third-order valence-electron chi connectivity index (χ3n) is 2.18. The fourth-order valence-electron chi connectivity index (χ4n) is 1.35. The Morgan fingerprint density at radius 3 is 2.39 bits per heavy atom. The minimum Gasteiger partial charge on any atom is -0.459 e. The number of sulfonamides is 1. The Morgan fingerprint density at radius 1 is 1.39 bits per heavy atom. The Kier molecular flexibility index (Phi) is 4.52. The Balaban J connectivity index is 3.34. The number of benzene rings is 1. The van der Waals surface area contributed by atoms with E-state index < -0.39 is 16.0 Å². The molecule has 0 aliphatic heterocycles. The molecule has 0 spiro atoms. The van der Waals surface area contributed by atoms with Crippen molar-refractivity contribution >= 4 is 31.9 Å². The third-order valence-corrected chi connectivity index (χ3v) is 4.04. The molecule has 0 radical (unpaired) electrons. The van der Waals surface area contributed by atoms with Crippen LogP contribution >= 0.6 is 15.9 Å². The zero-order valence-electron chi connectivity index (χ0n) is 10.2. The molecule has 2 N–H and O–H groups in total. The van der Waals surface area contributed by atoms with Crippen molar-refractivity contribution < 1.29 is 17.9 Å². The number of esters is 1. The number of hydrogen-bond acceptors (Lipinski definition) is 4. The molecule has 0 saturated carbocycles. The highest BCUT2D eigenvalue weighted by Gasteiger charge is 2.19. The van der Waals surface area contributed by atoms with E-state index in [1.54, 1.807) is 20.8 Å². The van der Waals surface area contributed by atoms with Crippen molar-refractivity contribution in [2.45, 2.75) is 31.8 Å². The maximum absolute atomic E-state index is 11.7. The summed E-state index contributed by atoms with van der Waals surface area (Å²) < 4.78 is 28.3. The highest BCUT2D eigenvalue weighted by Crippen LogP contribution is 2.25. The van der Waals surface area contributed by atoms with Gasteiger partial charge in [-0.05, 0) is 38.5 Å². The van der Waals surface area contributed by atoms with Gasteiger partial charge >= 0.3 is 5.97 Å². The van der Waals surface area contributed by atoms with E-state index in [1.807, 2.05) is 0 Å². The second kappa shape index (κ2) is 5.38. The topological polar surface area (TPSA) is 86.5 Å². The van der Waals surface area contributed by atoms with Crippen molar-refractivity contribution in [2.24, 2.45) is 5.14 Å². The second-order valence-electron chi connectivity index (χ2n) is 4.08. The maximum atomic E-state index is 11.7. The Bertz CT molecular complexity index is 581. The number of rotatable bonds is 3. The van der Waals surface area contributed by atoms with Crippen LogP contribution in [-0.4, -0.2) is 20.5 Å². The van der Waals surface area contributed by atoms with Gasteiger partial charge in [0.15, 0.2) is 0 Å². The third kappa shape index (κ3) is 3.54. The predicted molar refractivity (Wildman–Crippen MR) is 70.8 cm³/mol. The highest BCUT2D eigenvalue weighted by molar-refractivity contribution is 9.10. The van der Waals surface area contributed by atoms with Crippen LogP contribution in [0.3, 0.4) is 0 Å². The molecule has 0 unspecified atom stereocenters. The van der Waals surface area contributed by atoms with Gasteiger partial charge in [-0.2, -0.15) is 0 Å². The van der Waals surface area contributed by atoms with Gasteiger partial charge in [0, 0.05) is 4.47 Å². The summed E-state index contributed by atoms with van der Waals surface area (Å²) in [6.45, 7) is 5.02. The summed E-state index contributed by atoms with van der Waals surface area (Å²) in [7, 11) is -3.88. The number of ether oxygens (including phenoxy) is 1. The molecule has 0 fully saturated rings. The van der Waals surface area contributed by atoms with Gasteiger partial charge in [0.1, 0.15) is 0 Å². The number of carbonyl (C=O) groups is 1. The summed E-state index contributed by atoms with van der Waals surface area (Å²) in [5.74, 6) is -0.587. The molecule has 0 bridgehead atoms. The van der Waals surface area contributed by atoms with Crippen LogP contribution in [0.1, 0.15) is 29.8 Å². The van der Waals surface area contributed by atoms with E-state index in [2.05, 4.69) is 15.9 Å². The average Bonchev–Trinajstić information content (AvgIpc) is 2.18. The number of primary sulfonamides is 1. The second-order valence-corrected chi connectivity index (χ2v) is 6.46. The van der Waals surface area contributed by atoms with Gasteiger partial charge in [-0.1, -0.05) is 15.9 Å². The molecule has 0 saturated heterocycles. The van der Waals surface area contributed by atoms with E-state index in [-0.39, 0.29) is 16.6 Å². The molecule has 100 valence electrons. The Morgan fingerprint density at radius 2 is 1.94 bits per heavy atom. The van der Waals surface area contributed by atoms with Gasteiger partial charge in [0.25, 0.3) is 0 Å². The molecule has 0 aromatic heterocycles. The molecule has 0 heterocycles. The molecule has 0 aliphatic carbocycles. The molecule has 18 heavy (non-hydrogen) atoms. The monoisotopic (exact) mass is 335 g/mol. The fraction of sp³-hybridized carbons (Fsp3) is 0.364. The van der Waals surface area contributed by atoms with Crippen LogP contribution in [0.4, 0.5) is 0 Å². The SMILES string of the molecule is Cc1c(Br)cc(C(=O)OC(C)C)cc1S(N)(=O)=O. The van der Waals surface area contributed by atoms with Gasteiger partial charge in [-0.25, -0.2) is 18.4 Å².